The predicted molar refractivity (Wildman–Crippen MR) is 90.7 cm³/mol. The first kappa shape index (κ1) is 16.7. The molecule has 0 radical (unpaired) electrons. The van der Waals surface area contributed by atoms with E-state index >= 15 is 0 Å². The zero-order chi connectivity index (χ0) is 18.0. The van der Waals surface area contributed by atoms with Crippen molar-refractivity contribution in [2.45, 2.75) is 13.3 Å². The van der Waals surface area contributed by atoms with Crippen molar-refractivity contribution in [3.63, 3.8) is 0 Å². The van der Waals surface area contributed by atoms with Gasteiger partial charge in [-0.05, 0) is 31.0 Å². The molecule has 1 amide bonds. The number of anilines is 1. The van der Waals surface area contributed by atoms with E-state index in [4.69, 9.17) is 4.74 Å². The monoisotopic (exact) mass is 339 g/mol. The predicted octanol–water partition coefficient (Wildman–Crippen LogP) is 2.56. The number of Topliss-reactive ketones (excluding diaryl/α,β-unsaturated/α-hetero) is 1. The molecule has 0 spiro atoms. The summed E-state index contributed by atoms with van der Waals surface area (Å²) in [5, 5.41) is 13.0. The van der Waals surface area contributed by atoms with Crippen molar-refractivity contribution in [1.82, 2.24) is 0 Å². The fraction of sp³-hybridized carbons (Fsp3) is 0.211. The lowest BCUT2D eigenvalue weighted by molar-refractivity contribution is -0.118. The highest BCUT2D eigenvalue weighted by Gasteiger charge is 2.37. The summed E-state index contributed by atoms with van der Waals surface area (Å²) in [6.45, 7) is 1.80. The van der Waals surface area contributed by atoms with Gasteiger partial charge in [-0.1, -0.05) is 30.3 Å². The summed E-state index contributed by atoms with van der Waals surface area (Å²) in [5.74, 6) is -3.07. The summed E-state index contributed by atoms with van der Waals surface area (Å²) in [7, 11) is 0. The molecule has 1 aliphatic heterocycles. The number of amides is 1. The molecule has 6 nitrogen and oxygen atoms in total. The molecule has 1 heterocycles. The molecule has 2 aromatic rings. The summed E-state index contributed by atoms with van der Waals surface area (Å²) < 4.78 is 4.88. The summed E-state index contributed by atoms with van der Waals surface area (Å²) in [4.78, 5) is 37.0. The maximum atomic E-state index is 12.8. The van der Waals surface area contributed by atoms with Crippen molar-refractivity contribution in [2.75, 3.05) is 11.9 Å². The second-order valence-electron chi connectivity index (χ2n) is 5.70. The van der Waals surface area contributed by atoms with Gasteiger partial charge in [-0.15, -0.1) is 0 Å². The fourth-order valence-corrected chi connectivity index (χ4v) is 2.87. The van der Waals surface area contributed by atoms with Gasteiger partial charge < -0.3 is 15.2 Å². The van der Waals surface area contributed by atoms with Crippen LogP contribution in [-0.2, 0) is 16.0 Å². The van der Waals surface area contributed by atoms with Gasteiger partial charge in [-0.3, -0.25) is 9.59 Å². The van der Waals surface area contributed by atoms with Crippen molar-refractivity contribution < 1.29 is 24.2 Å². The van der Waals surface area contributed by atoms with Crippen LogP contribution in [0.5, 0.6) is 5.75 Å². The number of nitrogens with one attached hydrogen (secondary N) is 1. The van der Waals surface area contributed by atoms with Crippen LogP contribution in [-0.4, -0.2) is 29.4 Å². The van der Waals surface area contributed by atoms with E-state index in [2.05, 4.69) is 5.32 Å². The zero-order valence-electron chi connectivity index (χ0n) is 13.6. The van der Waals surface area contributed by atoms with Gasteiger partial charge >= 0.3 is 5.97 Å². The Morgan fingerprint density at radius 1 is 1.16 bits per heavy atom. The highest BCUT2D eigenvalue weighted by Crippen LogP contribution is 2.36. The highest BCUT2D eigenvalue weighted by molar-refractivity contribution is 6.23. The standard InChI is InChI=1S/C19H17NO5/c1-2-25-19(24)12-8-9-14-15(16(12)21)17(22)13(18(23)20-14)10-11-6-4-3-5-7-11/h3-9,13,21H,2,10H2,1H3,(H,20,23). The van der Waals surface area contributed by atoms with Crippen molar-refractivity contribution in [3.05, 3.63) is 59.2 Å². The Morgan fingerprint density at radius 2 is 1.88 bits per heavy atom. The minimum Gasteiger partial charge on any atom is -0.506 e. The molecule has 1 atom stereocenters. The normalized spacial score (nSPS) is 16.1. The van der Waals surface area contributed by atoms with E-state index in [9.17, 15) is 19.5 Å². The SMILES string of the molecule is CCOC(=O)c1ccc2c(c1O)C(=O)C(Cc1ccccc1)C(=O)N2. The van der Waals surface area contributed by atoms with Crippen LogP contribution >= 0.6 is 0 Å². The number of aromatic hydroxyl groups is 1. The molecule has 2 N–H and O–H groups in total. The average Bonchev–Trinajstić information content (AvgIpc) is 2.59. The molecule has 1 unspecified atom stereocenters. The lowest BCUT2D eigenvalue weighted by atomic mass is 9.85. The van der Waals surface area contributed by atoms with Crippen LogP contribution in [0.15, 0.2) is 42.5 Å². The molecule has 2 aromatic carbocycles. The van der Waals surface area contributed by atoms with Crippen LogP contribution in [0.2, 0.25) is 0 Å². The van der Waals surface area contributed by atoms with Gasteiger partial charge in [-0.25, -0.2) is 4.79 Å². The first-order valence-corrected chi connectivity index (χ1v) is 7.95. The maximum absolute atomic E-state index is 12.8. The van der Waals surface area contributed by atoms with Crippen LogP contribution in [0.1, 0.15) is 33.2 Å². The molecule has 0 fully saturated rings. The van der Waals surface area contributed by atoms with Gasteiger partial charge in [0.1, 0.15) is 17.2 Å². The molecule has 25 heavy (non-hydrogen) atoms. The minimum absolute atomic E-state index is 0.0499. The second kappa shape index (κ2) is 6.76. The third-order valence-corrected chi connectivity index (χ3v) is 4.09. The van der Waals surface area contributed by atoms with Crippen molar-refractivity contribution in [1.29, 1.82) is 0 Å². The van der Waals surface area contributed by atoms with E-state index in [1.165, 1.54) is 12.1 Å². The van der Waals surface area contributed by atoms with Crippen molar-refractivity contribution in [2.24, 2.45) is 5.92 Å². The van der Waals surface area contributed by atoms with Crippen LogP contribution in [0.25, 0.3) is 0 Å². The lowest BCUT2D eigenvalue weighted by Gasteiger charge is -2.24. The molecular weight excluding hydrogens is 322 g/mol. The molecule has 6 heteroatoms. The Bertz CT molecular complexity index is 844. The van der Waals surface area contributed by atoms with Gasteiger partial charge in [0.25, 0.3) is 0 Å². The number of phenolic OH excluding ortho intramolecular Hbond substituents is 1. The van der Waals surface area contributed by atoms with Crippen molar-refractivity contribution >= 4 is 23.3 Å². The van der Waals surface area contributed by atoms with E-state index in [1.54, 1.807) is 6.92 Å². The number of ether oxygens (including phenoxy) is 1. The maximum Gasteiger partial charge on any atom is 0.341 e. The Kier molecular flexibility index (Phi) is 4.52. The summed E-state index contributed by atoms with van der Waals surface area (Å²) in [6.07, 6.45) is 0.216. The minimum atomic E-state index is -0.960. The number of ketones is 1. The van der Waals surface area contributed by atoms with Gasteiger partial charge in [0, 0.05) is 0 Å². The molecule has 0 bridgehead atoms. The summed E-state index contributed by atoms with van der Waals surface area (Å²) >= 11 is 0. The van der Waals surface area contributed by atoms with E-state index in [1.807, 2.05) is 30.3 Å². The molecule has 0 aliphatic carbocycles. The zero-order valence-corrected chi connectivity index (χ0v) is 13.6. The fourth-order valence-electron chi connectivity index (χ4n) is 2.87. The van der Waals surface area contributed by atoms with Crippen LogP contribution in [0.4, 0.5) is 5.69 Å². The first-order chi connectivity index (χ1) is 12.0. The van der Waals surface area contributed by atoms with Gasteiger partial charge in [0.05, 0.1) is 17.9 Å². The quantitative estimate of drug-likeness (QED) is 0.660. The summed E-state index contributed by atoms with van der Waals surface area (Å²) in [5.41, 5.74) is 0.889. The van der Waals surface area contributed by atoms with Crippen molar-refractivity contribution in [3.8, 4) is 5.75 Å². The number of esters is 1. The van der Waals surface area contributed by atoms with E-state index in [-0.39, 0.29) is 29.8 Å². The number of fused-ring (bicyclic) bond motifs is 1. The van der Waals surface area contributed by atoms with E-state index in [0.29, 0.717) is 0 Å². The Morgan fingerprint density at radius 3 is 2.56 bits per heavy atom. The number of rotatable bonds is 4. The van der Waals surface area contributed by atoms with Gasteiger partial charge in [0.2, 0.25) is 5.91 Å². The average molecular weight is 339 g/mol. The lowest BCUT2D eigenvalue weighted by Crippen LogP contribution is -2.37. The number of hydrogen-bond donors (Lipinski definition) is 2. The highest BCUT2D eigenvalue weighted by atomic mass is 16.5. The molecule has 128 valence electrons. The van der Waals surface area contributed by atoms with Crippen LogP contribution in [0.3, 0.4) is 0 Å². The Hall–Kier alpha value is -3.15. The second-order valence-corrected chi connectivity index (χ2v) is 5.70. The van der Waals surface area contributed by atoms with Crippen LogP contribution < -0.4 is 5.32 Å². The molecule has 3 rings (SSSR count). The molecule has 0 saturated carbocycles. The Balaban J connectivity index is 1.98. The summed E-state index contributed by atoms with van der Waals surface area (Å²) in [6, 6.07) is 11.9. The van der Waals surface area contributed by atoms with E-state index in [0.717, 1.165) is 5.56 Å². The largest absolute Gasteiger partial charge is 0.506 e. The number of carbonyl (C=O) groups excluding carboxylic acids is 3. The van der Waals surface area contributed by atoms with E-state index < -0.39 is 29.3 Å². The molecule has 0 aromatic heterocycles. The molecule has 1 aliphatic rings. The van der Waals surface area contributed by atoms with Crippen LogP contribution in [0, 0.1) is 5.92 Å². The number of benzene rings is 2. The number of phenols is 1. The van der Waals surface area contributed by atoms with Gasteiger partial charge in [0.15, 0.2) is 5.78 Å². The topological polar surface area (TPSA) is 92.7 Å². The third kappa shape index (κ3) is 3.10. The third-order valence-electron chi connectivity index (χ3n) is 4.09. The Labute approximate surface area is 144 Å². The van der Waals surface area contributed by atoms with Gasteiger partial charge in [-0.2, -0.15) is 0 Å². The smallest absolute Gasteiger partial charge is 0.341 e. The molecule has 0 saturated heterocycles. The number of hydrogen-bond acceptors (Lipinski definition) is 5. The number of carbonyl (C=O) groups is 3. The molecular formula is C19H17NO5. The first-order valence-electron chi connectivity index (χ1n) is 7.95.